The van der Waals surface area contributed by atoms with Gasteiger partial charge < -0.3 is 14.8 Å². The van der Waals surface area contributed by atoms with Crippen LogP contribution in [0.3, 0.4) is 0 Å². The fraction of sp³-hybridized carbons (Fsp3) is 0.300. The fourth-order valence-corrected chi connectivity index (χ4v) is 1.83. The zero-order valence-electron chi connectivity index (χ0n) is 8.26. The van der Waals surface area contributed by atoms with Crippen molar-refractivity contribution in [3.8, 4) is 11.5 Å². The summed E-state index contributed by atoms with van der Waals surface area (Å²) < 4.78 is 11.5. The third-order valence-electron chi connectivity index (χ3n) is 2.03. The molecule has 4 nitrogen and oxygen atoms in total. The molecule has 0 atom stereocenters. The number of carbonyl (C=O) groups is 1. The molecule has 0 radical (unpaired) electrons. The highest BCUT2D eigenvalue weighted by Gasteiger charge is 2.15. The van der Waals surface area contributed by atoms with Crippen molar-refractivity contribution >= 4 is 39.1 Å². The first-order valence-electron chi connectivity index (χ1n) is 4.65. The monoisotopic (exact) mass is 305 g/mol. The first-order chi connectivity index (χ1) is 7.70. The first-order valence-corrected chi connectivity index (χ1v) is 5.98. The van der Waals surface area contributed by atoms with Crippen LogP contribution in [0.1, 0.15) is 0 Å². The molecule has 1 aromatic carbocycles. The summed E-state index contributed by atoms with van der Waals surface area (Å²) in [5.41, 5.74) is 0.620. The molecule has 0 saturated carbocycles. The van der Waals surface area contributed by atoms with Crippen LogP contribution in [0.4, 0.5) is 5.69 Å². The van der Waals surface area contributed by atoms with Crippen LogP contribution in [0.15, 0.2) is 16.6 Å². The van der Waals surface area contributed by atoms with Gasteiger partial charge in [-0.3, -0.25) is 4.79 Å². The van der Waals surface area contributed by atoms with Gasteiger partial charge in [-0.05, 0) is 15.9 Å². The summed E-state index contributed by atoms with van der Waals surface area (Å²) in [5.74, 6) is 0.946. The molecule has 1 aromatic rings. The van der Waals surface area contributed by atoms with E-state index in [0.717, 1.165) is 4.47 Å². The molecule has 0 aromatic heterocycles. The van der Waals surface area contributed by atoms with Crippen molar-refractivity contribution in [3.63, 3.8) is 0 Å². The summed E-state index contributed by atoms with van der Waals surface area (Å²) in [4.78, 5) is 11.2. The number of nitrogens with one attached hydrogen (secondary N) is 1. The predicted octanol–water partition coefficient (Wildman–Crippen LogP) is 2.40. The second-order valence-electron chi connectivity index (χ2n) is 3.16. The SMILES string of the molecule is O=C(CCl)Nc1cc2c(cc1Br)OCCO2. The number of alkyl halides is 1. The van der Waals surface area contributed by atoms with Crippen LogP contribution in [0, 0.1) is 0 Å². The van der Waals surface area contributed by atoms with Gasteiger partial charge in [0.2, 0.25) is 5.91 Å². The van der Waals surface area contributed by atoms with Crippen molar-refractivity contribution in [1.29, 1.82) is 0 Å². The lowest BCUT2D eigenvalue weighted by Gasteiger charge is -2.19. The van der Waals surface area contributed by atoms with E-state index in [-0.39, 0.29) is 11.8 Å². The van der Waals surface area contributed by atoms with E-state index in [2.05, 4.69) is 21.2 Å². The lowest BCUT2D eigenvalue weighted by molar-refractivity contribution is -0.113. The maximum atomic E-state index is 11.2. The Morgan fingerprint density at radius 2 is 2.00 bits per heavy atom. The summed E-state index contributed by atoms with van der Waals surface area (Å²) in [6.07, 6.45) is 0. The van der Waals surface area contributed by atoms with Crippen molar-refractivity contribution in [2.24, 2.45) is 0 Å². The molecule has 1 aliphatic heterocycles. The van der Waals surface area contributed by atoms with E-state index >= 15 is 0 Å². The van der Waals surface area contributed by atoms with Crippen molar-refractivity contribution in [2.75, 3.05) is 24.4 Å². The minimum absolute atomic E-state index is 0.0825. The molecule has 0 saturated heterocycles. The van der Waals surface area contributed by atoms with Gasteiger partial charge in [0.15, 0.2) is 11.5 Å². The second kappa shape index (κ2) is 4.93. The molecule has 0 bridgehead atoms. The van der Waals surface area contributed by atoms with E-state index in [1.807, 2.05) is 0 Å². The van der Waals surface area contributed by atoms with Crippen LogP contribution in [0.5, 0.6) is 11.5 Å². The highest BCUT2D eigenvalue weighted by molar-refractivity contribution is 9.10. The molecule has 1 heterocycles. The van der Waals surface area contributed by atoms with Crippen LogP contribution < -0.4 is 14.8 Å². The second-order valence-corrected chi connectivity index (χ2v) is 4.28. The average molecular weight is 307 g/mol. The van der Waals surface area contributed by atoms with Crippen molar-refractivity contribution < 1.29 is 14.3 Å². The number of ether oxygens (including phenoxy) is 2. The molecule has 0 spiro atoms. The number of rotatable bonds is 2. The number of amides is 1. The minimum Gasteiger partial charge on any atom is -0.486 e. The maximum absolute atomic E-state index is 11.2. The molecule has 16 heavy (non-hydrogen) atoms. The van der Waals surface area contributed by atoms with Gasteiger partial charge in [0.05, 0.1) is 5.69 Å². The lowest BCUT2D eigenvalue weighted by atomic mass is 10.2. The molecule has 6 heteroatoms. The normalized spacial score (nSPS) is 13.4. The molecule has 0 unspecified atom stereocenters. The largest absolute Gasteiger partial charge is 0.486 e. The van der Waals surface area contributed by atoms with Crippen molar-refractivity contribution in [1.82, 2.24) is 0 Å². The molecule has 1 aliphatic rings. The third-order valence-corrected chi connectivity index (χ3v) is 2.93. The Morgan fingerprint density at radius 3 is 2.62 bits per heavy atom. The van der Waals surface area contributed by atoms with Gasteiger partial charge in [0, 0.05) is 16.6 Å². The fourth-order valence-electron chi connectivity index (χ4n) is 1.34. The third kappa shape index (κ3) is 2.41. The lowest BCUT2D eigenvalue weighted by Crippen LogP contribution is -2.17. The summed E-state index contributed by atoms with van der Waals surface area (Å²) in [5, 5.41) is 2.66. The number of hydrogen-bond acceptors (Lipinski definition) is 3. The summed E-state index contributed by atoms with van der Waals surface area (Å²) >= 11 is 8.75. The van der Waals surface area contributed by atoms with Gasteiger partial charge in [-0.1, -0.05) is 0 Å². The summed E-state index contributed by atoms with van der Waals surface area (Å²) in [7, 11) is 0. The Morgan fingerprint density at radius 1 is 1.38 bits per heavy atom. The van der Waals surface area contributed by atoms with Crippen LogP contribution in [0.25, 0.3) is 0 Å². The molecule has 1 N–H and O–H groups in total. The van der Waals surface area contributed by atoms with Crippen LogP contribution in [-0.2, 0) is 4.79 Å². The van der Waals surface area contributed by atoms with Gasteiger partial charge in [-0.25, -0.2) is 0 Å². The van der Waals surface area contributed by atoms with Gasteiger partial charge in [0.25, 0.3) is 0 Å². The summed E-state index contributed by atoms with van der Waals surface area (Å²) in [6, 6.07) is 3.47. The first kappa shape index (κ1) is 11.5. The van der Waals surface area contributed by atoms with Crippen LogP contribution in [0.2, 0.25) is 0 Å². The highest BCUT2D eigenvalue weighted by Crippen LogP contribution is 2.38. The quantitative estimate of drug-likeness (QED) is 0.854. The van der Waals surface area contributed by atoms with Gasteiger partial charge in [0.1, 0.15) is 19.1 Å². The number of fused-ring (bicyclic) bond motifs is 1. The Hall–Kier alpha value is -0.940. The number of benzene rings is 1. The molecule has 0 aliphatic carbocycles. The molecule has 86 valence electrons. The van der Waals surface area contributed by atoms with E-state index in [1.54, 1.807) is 12.1 Å². The van der Waals surface area contributed by atoms with Crippen molar-refractivity contribution in [2.45, 2.75) is 0 Å². The molecule has 1 amide bonds. The summed E-state index contributed by atoms with van der Waals surface area (Å²) in [6.45, 7) is 1.05. The molecule has 2 rings (SSSR count). The number of anilines is 1. The number of halogens is 2. The topological polar surface area (TPSA) is 47.6 Å². The number of hydrogen-bond donors (Lipinski definition) is 1. The molecular weight excluding hydrogens is 297 g/mol. The average Bonchev–Trinajstić information content (AvgIpc) is 2.30. The Balaban J connectivity index is 2.28. The highest BCUT2D eigenvalue weighted by atomic mass is 79.9. The van der Waals surface area contributed by atoms with Crippen LogP contribution in [-0.4, -0.2) is 25.0 Å². The smallest absolute Gasteiger partial charge is 0.239 e. The van der Waals surface area contributed by atoms with E-state index in [4.69, 9.17) is 21.1 Å². The molecular formula is C10H9BrClNO3. The van der Waals surface area contributed by atoms with Gasteiger partial charge in [-0.2, -0.15) is 0 Å². The van der Waals surface area contributed by atoms with Gasteiger partial charge >= 0.3 is 0 Å². The van der Waals surface area contributed by atoms with Gasteiger partial charge in [-0.15, -0.1) is 11.6 Å². The van der Waals surface area contributed by atoms with E-state index < -0.39 is 0 Å². The van der Waals surface area contributed by atoms with Crippen LogP contribution >= 0.6 is 27.5 Å². The Labute approximate surface area is 106 Å². The molecule has 0 fully saturated rings. The minimum atomic E-state index is -0.265. The Bertz CT molecular complexity index is 425. The maximum Gasteiger partial charge on any atom is 0.239 e. The zero-order valence-corrected chi connectivity index (χ0v) is 10.6. The van der Waals surface area contributed by atoms with E-state index in [9.17, 15) is 4.79 Å². The van der Waals surface area contributed by atoms with Crippen molar-refractivity contribution in [3.05, 3.63) is 16.6 Å². The zero-order chi connectivity index (χ0) is 11.5. The number of carbonyl (C=O) groups excluding carboxylic acids is 1. The van der Waals surface area contributed by atoms with E-state index in [0.29, 0.717) is 30.4 Å². The Kier molecular flexibility index (Phi) is 3.56. The van der Waals surface area contributed by atoms with E-state index in [1.165, 1.54) is 0 Å². The predicted molar refractivity (Wildman–Crippen MR) is 64.5 cm³/mol. The standard InChI is InChI=1S/C10H9BrClNO3/c11-6-3-8-9(16-2-1-15-8)4-7(6)13-10(14)5-12/h3-4H,1-2,5H2,(H,13,14).